The van der Waals surface area contributed by atoms with E-state index >= 15 is 0 Å². The van der Waals surface area contributed by atoms with E-state index in [-0.39, 0.29) is 6.09 Å². The Kier molecular flexibility index (Phi) is 1.41. The van der Waals surface area contributed by atoms with Crippen molar-refractivity contribution in [1.82, 2.24) is 4.90 Å². The molecule has 2 saturated carbocycles. The zero-order chi connectivity index (χ0) is 9.00. The summed E-state index contributed by atoms with van der Waals surface area (Å²) in [7, 11) is 1.89. The van der Waals surface area contributed by atoms with E-state index in [1.165, 1.54) is 19.3 Å². The van der Waals surface area contributed by atoms with Crippen LogP contribution in [-0.4, -0.2) is 30.7 Å². The Labute approximate surface area is 78.0 Å². The topological polar surface area (TPSA) is 29.5 Å². The second kappa shape index (κ2) is 2.40. The number of amides is 1. The number of carbonyl (C=O) groups excluding carboxylic acids is 1. The lowest BCUT2D eigenvalue weighted by molar-refractivity contribution is -0.00206. The monoisotopic (exact) mass is 181 g/mol. The molecular weight excluding hydrogens is 166 g/mol. The summed E-state index contributed by atoms with van der Waals surface area (Å²) < 4.78 is 5.14. The van der Waals surface area contributed by atoms with Gasteiger partial charge in [0.15, 0.2) is 0 Å². The van der Waals surface area contributed by atoms with Gasteiger partial charge in [0, 0.05) is 19.0 Å². The molecule has 0 aromatic heterocycles. The maximum Gasteiger partial charge on any atom is 0.409 e. The average molecular weight is 181 g/mol. The number of rotatable bonds is 0. The number of nitrogens with zero attached hydrogens (tertiary/aromatic N) is 1. The summed E-state index contributed by atoms with van der Waals surface area (Å²) in [6, 6.07) is 0.500. The highest BCUT2D eigenvalue weighted by atomic mass is 16.6. The summed E-state index contributed by atoms with van der Waals surface area (Å²) in [4.78, 5) is 13.1. The molecule has 3 fully saturated rings. The Morgan fingerprint density at radius 2 is 2.15 bits per heavy atom. The van der Waals surface area contributed by atoms with Crippen molar-refractivity contribution in [1.29, 1.82) is 0 Å². The predicted octanol–water partition coefficient (Wildman–Crippen LogP) is 1.48. The quantitative estimate of drug-likeness (QED) is 0.566. The third-order valence-corrected chi connectivity index (χ3v) is 4.18. The molecule has 1 saturated heterocycles. The number of carbonyl (C=O) groups is 1. The molecule has 1 heterocycles. The Morgan fingerprint density at radius 3 is 3.00 bits per heavy atom. The molecule has 0 aromatic rings. The number of hydrogen-bond donors (Lipinski definition) is 0. The fourth-order valence-corrected chi connectivity index (χ4v) is 3.61. The van der Waals surface area contributed by atoms with Crippen LogP contribution in [0.2, 0.25) is 0 Å². The van der Waals surface area contributed by atoms with E-state index in [1.807, 2.05) is 11.9 Å². The van der Waals surface area contributed by atoms with Crippen LogP contribution < -0.4 is 0 Å². The van der Waals surface area contributed by atoms with E-state index < -0.39 is 0 Å². The second-order valence-corrected chi connectivity index (χ2v) is 4.68. The maximum atomic E-state index is 11.3. The van der Waals surface area contributed by atoms with E-state index in [1.54, 1.807) is 0 Å². The van der Waals surface area contributed by atoms with E-state index in [4.69, 9.17) is 4.74 Å². The Hall–Kier alpha value is -0.730. The van der Waals surface area contributed by atoms with E-state index in [2.05, 4.69) is 0 Å². The number of hydrogen-bond acceptors (Lipinski definition) is 2. The fourth-order valence-electron chi connectivity index (χ4n) is 3.61. The van der Waals surface area contributed by atoms with Gasteiger partial charge < -0.3 is 9.64 Å². The van der Waals surface area contributed by atoms with Crippen LogP contribution >= 0.6 is 0 Å². The predicted molar refractivity (Wildman–Crippen MR) is 47.2 cm³/mol. The van der Waals surface area contributed by atoms with Crippen LogP contribution in [0.1, 0.15) is 19.3 Å². The van der Waals surface area contributed by atoms with Gasteiger partial charge in [-0.25, -0.2) is 4.79 Å². The van der Waals surface area contributed by atoms with E-state index in [9.17, 15) is 4.79 Å². The van der Waals surface area contributed by atoms with Crippen molar-refractivity contribution in [2.45, 2.75) is 25.3 Å². The average Bonchev–Trinajstić information content (AvgIpc) is 2.70. The van der Waals surface area contributed by atoms with Gasteiger partial charge in [0.1, 0.15) is 0 Å². The lowest BCUT2D eigenvalue weighted by Gasteiger charge is -2.40. The summed E-state index contributed by atoms with van der Waals surface area (Å²) in [5.74, 6) is 2.25. The lowest BCUT2D eigenvalue weighted by Crippen LogP contribution is -2.51. The summed E-state index contributed by atoms with van der Waals surface area (Å²) in [6.45, 7) is 0.676. The van der Waals surface area contributed by atoms with Gasteiger partial charge in [-0.05, 0) is 31.1 Å². The molecule has 3 aliphatic rings. The molecule has 3 heteroatoms. The molecule has 0 N–H and O–H groups in total. The largest absolute Gasteiger partial charge is 0.449 e. The Bertz CT molecular complexity index is 253. The van der Waals surface area contributed by atoms with Gasteiger partial charge in [-0.1, -0.05) is 0 Å². The SMILES string of the molecule is CN1C(=O)OC[C@@H]2C3CCC(C3)[C@@H]21. The maximum absolute atomic E-state index is 11.3. The van der Waals surface area contributed by atoms with Gasteiger partial charge in [0.05, 0.1) is 6.61 Å². The molecule has 1 amide bonds. The summed E-state index contributed by atoms with van der Waals surface area (Å²) >= 11 is 0. The molecule has 3 rings (SSSR count). The zero-order valence-corrected chi connectivity index (χ0v) is 7.90. The third kappa shape index (κ3) is 0.875. The molecule has 72 valence electrons. The summed E-state index contributed by atoms with van der Waals surface area (Å²) in [6.07, 6.45) is 3.89. The van der Waals surface area contributed by atoms with Crippen molar-refractivity contribution in [2.24, 2.45) is 17.8 Å². The first-order chi connectivity index (χ1) is 6.27. The van der Waals surface area contributed by atoms with Gasteiger partial charge in [0.2, 0.25) is 0 Å². The van der Waals surface area contributed by atoms with Crippen LogP contribution in [0.5, 0.6) is 0 Å². The fraction of sp³-hybridized carbons (Fsp3) is 0.900. The third-order valence-electron chi connectivity index (χ3n) is 4.18. The number of ether oxygens (including phenoxy) is 1. The number of fused-ring (bicyclic) bond motifs is 5. The van der Waals surface area contributed by atoms with Crippen LogP contribution in [-0.2, 0) is 4.74 Å². The molecular formula is C10H15NO2. The van der Waals surface area contributed by atoms with Crippen LogP contribution in [0.4, 0.5) is 4.79 Å². The van der Waals surface area contributed by atoms with Gasteiger partial charge in [-0.3, -0.25) is 0 Å². The molecule has 2 bridgehead atoms. The van der Waals surface area contributed by atoms with Gasteiger partial charge >= 0.3 is 6.09 Å². The minimum atomic E-state index is -0.117. The molecule has 0 spiro atoms. The highest BCUT2D eigenvalue weighted by molar-refractivity contribution is 5.68. The second-order valence-electron chi connectivity index (χ2n) is 4.68. The molecule has 2 unspecified atom stereocenters. The van der Waals surface area contributed by atoms with Crippen molar-refractivity contribution < 1.29 is 9.53 Å². The Balaban J connectivity index is 1.90. The molecule has 3 nitrogen and oxygen atoms in total. The summed E-state index contributed by atoms with van der Waals surface area (Å²) in [5, 5.41) is 0. The van der Waals surface area contributed by atoms with Crippen molar-refractivity contribution in [3.8, 4) is 0 Å². The molecule has 0 radical (unpaired) electrons. The zero-order valence-electron chi connectivity index (χ0n) is 7.90. The molecule has 2 aliphatic carbocycles. The van der Waals surface area contributed by atoms with Crippen LogP contribution in [0.15, 0.2) is 0 Å². The van der Waals surface area contributed by atoms with Gasteiger partial charge in [-0.15, -0.1) is 0 Å². The van der Waals surface area contributed by atoms with E-state index in [0.717, 1.165) is 11.8 Å². The highest BCUT2D eigenvalue weighted by Crippen LogP contribution is 2.51. The first-order valence-corrected chi connectivity index (χ1v) is 5.17. The van der Waals surface area contributed by atoms with Crippen molar-refractivity contribution in [3.05, 3.63) is 0 Å². The lowest BCUT2D eigenvalue weighted by atomic mass is 9.83. The molecule has 13 heavy (non-hydrogen) atoms. The molecule has 1 aliphatic heterocycles. The highest BCUT2D eigenvalue weighted by Gasteiger charge is 2.52. The minimum Gasteiger partial charge on any atom is -0.449 e. The number of cyclic esters (lactones) is 1. The molecule has 0 aromatic carbocycles. The van der Waals surface area contributed by atoms with Crippen LogP contribution in [0, 0.1) is 17.8 Å². The van der Waals surface area contributed by atoms with Crippen molar-refractivity contribution in [3.63, 3.8) is 0 Å². The Morgan fingerprint density at radius 1 is 1.38 bits per heavy atom. The first kappa shape index (κ1) is 7.65. The van der Waals surface area contributed by atoms with Crippen molar-refractivity contribution in [2.75, 3.05) is 13.7 Å². The van der Waals surface area contributed by atoms with Crippen LogP contribution in [0.25, 0.3) is 0 Å². The van der Waals surface area contributed by atoms with Crippen LogP contribution in [0.3, 0.4) is 0 Å². The molecule has 4 atom stereocenters. The van der Waals surface area contributed by atoms with E-state index in [0.29, 0.717) is 18.6 Å². The normalized spacial score (nSPS) is 47.8. The smallest absolute Gasteiger partial charge is 0.409 e. The standard InChI is InChI=1S/C10H15NO2/c1-11-9-7-3-2-6(4-7)8(9)5-13-10(11)12/h6-9H,2-5H2,1H3/t6?,7?,8-,9+/m1/s1. The minimum absolute atomic E-state index is 0.117. The van der Waals surface area contributed by atoms with Gasteiger partial charge in [0.25, 0.3) is 0 Å². The van der Waals surface area contributed by atoms with Gasteiger partial charge in [-0.2, -0.15) is 0 Å². The van der Waals surface area contributed by atoms with Crippen molar-refractivity contribution >= 4 is 6.09 Å². The first-order valence-electron chi connectivity index (χ1n) is 5.17. The summed E-state index contributed by atoms with van der Waals surface area (Å²) in [5.41, 5.74) is 0.